The average Bonchev–Trinajstić information content (AvgIpc) is 2.97. The summed E-state index contributed by atoms with van der Waals surface area (Å²) in [5.74, 6) is 0.0255. The second-order valence-electron chi connectivity index (χ2n) is 4.92. The number of nitrogens with zero attached hydrogens (tertiary/aromatic N) is 1. The second kappa shape index (κ2) is 6.81. The van der Waals surface area contributed by atoms with Gasteiger partial charge in [-0.15, -0.1) is 0 Å². The number of amides is 1. The summed E-state index contributed by atoms with van der Waals surface area (Å²) in [6, 6.07) is 7.12. The molecule has 108 valence electrons. The number of hydrogen-bond acceptors (Lipinski definition) is 3. The van der Waals surface area contributed by atoms with Crippen LogP contribution in [0.5, 0.6) is 0 Å². The van der Waals surface area contributed by atoms with E-state index in [0.29, 0.717) is 23.6 Å². The highest BCUT2D eigenvalue weighted by Gasteiger charge is 2.22. The van der Waals surface area contributed by atoms with E-state index in [1.807, 2.05) is 11.8 Å². The van der Waals surface area contributed by atoms with Crippen LogP contribution in [0.4, 0.5) is 0 Å². The van der Waals surface area contributed by atoms with Gasteiger partial charge in [0.25, 0.3) is 5.91 Å². The standard InChI is InChI=1S/C15H20N2O2S/c1-2-17(10-13-4-3-9-19-13)15(18)12-7-5-11(6-8-12)14(16)20/h5-8,13H,2-4,9-10H2,1H3,(H2,16,20). The third-order valence-corrected chi connectivity index (χ3v) is 3.77. The quantitative estimate of drug-likeness (QED) is 0.843. The van der Waals surface area contributed by atoms with E-state index in [-0.39, 0.29) is 12.0 Å². The molecule has 20 heavy (non-hydrogen) atoms. The minimum Gasteiger partial charge on any atom is -0.389 e. The molecule has 1 amide bonds. The molecule has 5 heteroatoms. The summed E-state index contributed by atoms with van der Waals surface area (Å²) in [6.07, 6.45) is 2.29. The Hall–Kier alpha value is -1.46. The summed E-state index contributed by atoms with van der Waals surface area (Å²) in [4.78, 5) is 14.6. The number of thiocarbonyl (C=S) groups is 1. The summed E-state index contributed by atoms with van der Waals surface area (Å²) < 4.78 is 5.59. The molecule has 0 bridgehead atoms. The molecule has 1 heterocycles. The molecule has 1 aromatic rings. The summed E-state index contributed by atoms with van der Waals surface area (Å²) in [5, 5.41) is 0. The van der Waals surface area contributed by atoms with E-state index < -0.39 is 0 Å². The molecule has 1 unspecified atom stereocenters. The van der Waals surface area contributed by atoms with Gasteiger partial charge in [-0.1, -0.05) is 24.4 Å². The highest BCUT2D eigenvalue weighted by Crippen LogP contribution is 2.15. The van der Waals surface area contributed by atoms with Crippen LogP contribution in [0.15, 0.2) is 24.3 Å². The fraction of sp³-hybridized carbons (Fsp3) is 0.467. The molecule has 4 nitrogen and oxygen atoms in total. The van der Waals surface area contributed by atoms with Crippen molar-refractivity contribution in [1.82, 2.24) is 4.90 Å². The summed E-state index contributed by atoms with van der Waals surface area (Å²) >= 11 is 4.91. The molecular formula is C15H20N2O2S. The van der Waals surface area contributed by atoms with Crippen LogP contribution in [0.1, 0.15) is 35.7 Å². The van der Waals surface area contributed by atoms with E-state index in [4.69, 9.17) is 22.7 Å². The molecule has 0 aromatic heterocycles. The average molecular weight is 292 g/mol. The molecule has 2 N–H and O–H groups in total. The number of carbonyl (C=O) groups is 1. The number of rotatable bonds is 5. The Bertz CT molecular complexity index is 481. The zero-order valence-corrected chi connectivity index (χ0v) is 12.5. The maximum absolute atomic E-state index is 12.5. The highest BCUT2D eigenvalue weighted by atomic mass is 32.1. The molecule has 0 saturated carbocycles. The Balaban J connectivity index is 2.05. The van der Waals surface area contributed by atoms with Crippen molar-refractivity contribution >= 4 is 23.1 Å². The van der Waals surface area contributed by atoms with Crippen molar-refractivity contribution in [3.05, 3.63) is 35.4 Å². The number of hydrogen-bond donors (Lipinski definition) is 1. The van der Waals surface area contributed by atoms with Gasteiger partial charge >= 0.3 is 0 Å². The zero-order chi connectivity index (χ0) is 14.5. The molecule has 1 fully saturated rings. The number of benzene rings is 1. The third-order valence-electron chi connectivity index (χ3n) is 3.53. The molecule has 1 aromatic carbocycles. The first-order valence-electron chi connectivity index (χ1n) is 6.92. The zero-order valence-electron chi connectivity index (χ0n) is 11.7. The van der Waals surface area contributed by atoms with E-state index >= 15 is 0 Å². The van der Waals surface area contributed by atoms with Crippen LogP contribution in [0, 0.1) is 0 Å². The van der Waals surface area contributed by atoms with E-state index in [0.717, 1.165) is 25.0 Å². The Kier molecular flexibility index (Phi) is 5.09. The maximum atomic E-state index is 12.5. The number of nitrogens with two attached hydrogens (primary N) is 1. The Morgan fingerprint density at radius 2 is 2.05 bits per heavy atom. The van der Waals surface area contributed by atoms with E-state index in [9.17, 15) is 4.79 Å². The normalized spacial score (nSPS) is 17.9. The fourth-order valence-corrected chi connectivity index (χ4v) is 2.49. The van der Waals surface area contributed by atoms with Crippen LogP contribution < -0.4 is 5.73 Å². The lowest BCUT2D eigenvalue weighted by Crippen LogP contribution is -2.37. The minimum atomic E-state index is 0.0255. The Morgan fingerprint density at radius 1 is 1.40 bits per heavy atom. The van der Waals surface area contributed by atoms with E-state index in [1.165, 1.54) is 0 Å². The first kappa shape index (κ1) is 14.9. The first-order chi connectivity index (χ1) is 9.61. The third kappa shape index (κ3) is 3.55. The highest BCUT2D eigenvalue weighted by molar-refractivity contribution is 7.80. The molecule has 0 aliphatic carbocycles. The van der Waals surface area contributed by atoms with Crippen molar-refractivity contribution in [2.75, 3.05) is 19.7 Å². The van der Waals surface area contributed by atoms with Gasteiger partial charge in [0.15, 0.2) is 0 Å². The molecule has 2 rings (SSSR count). The first-order valence-corrected chi connectivity index (χ1v) is 7.33. The topological polar surface area (TPSA) is 55.6 Å². The van der Waals surface area contributed by atoms with Crippen molar-refractivity contribution in [3.8, 4) is 0 Å². The number of likely N-dealkylation sites (N-methyl/N-ethyl adjacent to an activating group) is 1. The minimum absolute atomic E-state index is 0.0255. The SMILES string of the molecule is CCN(CC1CCCO1)C(=O)c1ccc(C(N)=S)cc1. The van der Waals surface area contributed by atoms with Crippen molar-refractivity contribution < 1.29 is 9.53 Å². The molecule has 1 aliphatic rings. The van der Waals surface area contributed by atoms with Gasteiger partial charge in [-0.05, 0) is 31.9 Å². The summed E-state index contributed by atoms with van der Waals surface area (Å²) in [5.41, 5.74) is 6.99. The molecule has 1 saturated heterocycles. The number of carbonyl (C=O) groups excluding carboxylic acids is 1. The van der Waals surface area contributed by atoms with Gasteiger partial charge in [0, 0.05) is 30.8 Å². The van der Waals surface area contributed by atoms with Gasteiger partial charge in [-0.2, -0.15) is 0 Å². The molecular weight excluding hydrogens is 272 g/mol. The van der Waals surface area contributed by atoms with Crippen LogP contribution >= 0.6 is 12.2 Å². The van der Waals surface area contributed by atoms with E-state index in [1.54, 1.807) is 24.3 Å². The maximum Gasteiger partial charge on any atom is 0.253 e. The lowest BCUT2D eigenvalue weighted by molar-refractivity contribution is 0.0539. The summed E-state index contributed by atoms with van der Waals surface area (Å²) in [7, 11) is 0. The molecule has 1 atom stereocenters. The van der Waals surface area contributed by atoms with Gasteiger partial charge in [0.2, 0.25) is 0 Å². The van der Waals surface area contributed by atoms with Crippen molar-refractivity contribution in [2.45, 2.75) is 25.9 Å². The summed E-state index contributed by atoms with van der Waals surface area (Å²) in [6.45, 7) is 4.12. The van der Waals surface area contributed by atoms with Crippen molar-refractivity contribution in [3.63, 3.8) is 0 Å². The largest absolute Gasteiger partial charge is 0.389 e. The monoisotopic (exact) mass is 292 g/mol. The van der Waals surface area contributed by atoms with Crippen LogP contribution in [-0.2, 0) is 4.74 Å². The Labute approximate surface area is 124 Å². The lowest BCUT2D eigenvalue weighted by atomic mass is 10.1. The molecule has 1 aliphatic heterocycles. The van der Waals surface area contributed by atoms with Gasteiger partial charge in [0.1, 0.15) is 4.99 Å². The molecule has 0 radical (unpaired) electrons. The smallest absolute Gasteiger partial charge is 0.253 e. The van der Waals surface area contributed by atoms with Gasteiger partial charge in [-0.25, -0.2) is 0 Å². The predicted octanol–water partition coefficient (Wildman–Crippen LogP) is 1.96. The second-order valence-corrected chi connectivity index (χ2v) is 5.36. The van der Waals surface area contributed by atoms with Crippen molar-refractivity contribution in [2.24, 2.45) is 5.73 Å². The fourth-order valence-electron chi connectivity index (χ4n) is 2.35. The van der Waals surface area contributed by atoms with Crippen molar-refractivity contribution in [1.29, 1.82) is 0 Å². The molecule has 0 spiro atoms. The van der Waals surface area contributed by atoms with Crippen LogP contribution in [0.3, 0.4) is 0 Å². The van der Waals surface area contributed by atoms with Gasteiger partial charge in [0.05, 0.1) is 6.10 Å². The lowest BCUT2D eigenvalue weighted by Gasteiger charge is -2.24. The van der Waals surface area contributed by atoms with E-state index in [2.05, 4.69) is 0 Å². The predicted molar refractivity (Wildman–Crippen MR) is 82.9 cm³/mol. The number of ether oxygens (including phenoxy) is 1. The van der Waals surface area contributed by atoms with Gasteiger partial charge < -0.3 is 15.4 Å². The van der Waals surface area contributed by atoms with Crippen LogP contribution in [-0.4, -0.2) is 41.6 Å². The van der Waals surface area contributed by atoms with Crippen LogP contribution in [0.2, 0.25) is 0 Å². The van der Waals surface area contributed by atoms with Gasteiger partial charge in [-0.3, -0.25) is 4.79 Å². The Morgan fingerprint density at radius 3 is 2.55 bits per heavy atom. The van der Waals surface area contributed by atoms with Crippen LogP contribution in [0.25, 0.3) is 0 Å².